The van der Waals surface area contributed by atoms with E-state index < -0.39 is 0 Å². The summed E-state index contributed by atoms with van der Waals surface area (Å²) in [5.74, 6) is -0.0546. The van der Waals surface area contributed by atoms with Gasteiger partial charge in [0, 0.05) is 12.5 Å². The molecule has 0 aromatic carbocycles. The Bertz CT molecular complexity index is 278. The summed E-state index contributed by atoms with van der Waals surface area (Å²) >= 11 is 0. The van der Waals surface area contributed by atoms with Gasteiger partial charge in [-0.2, -0.15) is 0 Å². The zero-order valence-corrected chi connectivity index (χ0v) is 16.2. The van der Waals surface area contributed by atoms with Gasteiger partial charge >= 0.3 is 5.97 Å². The molecule has 1 saturated carbocycles. The lowest BCUT2D eigenvalue weighted by molar-refractivity contribution is -0.154. The first-order valence-electron chi connectivity index (χ1n) is 9.82. The summed E-state index contributed by atoms with van der Waals surface area (Å²) in [5, 5.41) is 0. The molecule has 0 spiro atoms. The van der Waals surface area contributed by atoms with Crippen molar-refractivity contribution in [3.05, 3.63) is 0 Å². The summed E-state index contributed by atoms with van der Waals surface area (Å²) in [4.78, 5) is 11.4. The van der Waals surface area contributed by atoms with Gasteiger partial charge in [0.1, 0.15) is 5.60 Å². The van der Waals surface area contributed by atoms with E-state index >= 15 is 0 Å². The Morgan fingerprint density at radius 3 is 1.91 bits per heavy atom. The van der Waals surface area contributed by atoms with Crippen LogP contribution in [0.5, 0.6) is 0 Å². The van der Waals surface area contributed by atoms with E-state index in [1.165, 1.54) is 64.2 Å². The molecule has 1 aliphatic carbocycles. The second kappa shape index (κ2) is 13.8. The molecule has 1 aliphatic rings. The lowest BCUT2D eigenvalue weighted by Gasteiger charge is -2.19. The maximum atomic E-state index is 11.4. The molecule has 2 N–H and O–H groups in total. The fraction of sp³-hybridized carbons (Fsp3) is 0.950. The highest BCUT2D eigenvalue weighted by Crippen LogP contribution is 2.15. The van der Waals surface area contributed by atoms with Gasteiger partial charge in [-0.1, -0.05) is 64.7 Å². The number of ether oxygens (including phenoxy) is 1. The first-order valence-corrected chi connectivity index (χ1v) is 9.82. The molecule has 23 heavy (non-hydrogen) atoms. The van der Waals surface area contributed by atoms with Crippen LogP contribution in [0.2, 0.25) is 0 Å². The highest BCUT2D eigenvalue weighted by atomic mass is 16.6. The molecule has 0 aromatic heterocycles. The molecule has 0 unspecified atom stereocenters. The summed E-state index contributed by atoms with van der Waals surface area (Å²) in [6.45, 7) is 7.96. The maximum absolute atomic E-state index is 11.4. The molecule has 0 heterocycles. The third-order valence-corrected chi connectivity index (χ3v) is 4.05. The molecule has 3 heteroatoms. The van der Waals surface area contributed by atoms with Gasteiger partial charge in [-0.3, -0.25) is 4.79 Å². The fourth-order valence-electron chi connectivity index (χ4n) is 2.75. The summed E-state index contributed by atoms with van der Waals surface area (Å²) in [5.41, 5.74) is 5.30. The first kappa shape index (κ1) is 22.4. The van der Waals surface area contributed by atoms with Crippen LogP contribution in [0.4, 0.5) is 0 Å². The maximum Gasteiger partial charge on any atom is 0.306 e. The highest BCUT2D eigenvalue weighted by Gasteiger charge is 2.15. The van der Waals surface area contributed by atoms with E-state index in [9.17, 15) is 4.79 Å². The fourth-order valence-corrected chi connectivity index (χ4v) is 2.75. The van der Waals surface area contributed by atoms with Crippen molar-refractivity contribution >= 4 is 5.97 Å². The van der Waals surface area contributed by atoms with Gasteiger partial charge in [0.25, 0.3) is 0 Å². The van der Waals surface area contributed by atoms with Crippen molar-refractivity contribution in [1.29, 1.82) is 0 Å². The van der Waals surface area contributed by atoms with Gasteiger partial charge in [-0.15, -0.1) is 0 Å². The normalized spacial score (nSPS) is 15.7. The summed E-state index contributed by atoms with van der Waals surface area (Å²) < 4.78 is 5.24. The smallest absolute Gasteiger partial charge is 0.306 e. The Morgan fingerprint density at radius 2 is 1.48 bits per heavy atom. The Morgan fingerprint density at radius 1 is 0.957 bits per heavy atom. The van der Waals surface area contributed by atoms with E-state index in [-0.39, 0.29) is 11.6 Å². The minimum absolute atomic E-state index is 0.0546. The molecule has 1 fully saturated rings. The Balaban J connectivity index is 0.000000568. The minimum Gasteiger partial charge on any atom is -0.460 e. The average molecular weight is 328 g/mol. The summed E-state index contributed by atoms with van der Waals surface area (Å²) in [6.07, 6.45) is 15.9. The van der Waals surface area contributed by atoms with E-state index in [1.54, 1.807) is 0 Å². The molecule has 138 valence electrons. The molecule has 0 aliphatic heterocycles. The number of unbranched alkanes of at least 4 members (excludes halogenated alkanes) is 6. The average Bonchev–Trinajstić information content (AvgIpc) is 2.46. The number of hydrogen-bond acceptors (Lipinski definition) is 3. The summed E-state index contributed by atoms with van der Waals surface area (Å²) in [6, 6.07) is 0.536. The van der Waals surface area contributed by atoms with Crippen LogP contribution in [0.15, 0.2) is 0 Å². The SMILES string of the molecule is CCCCCCCCCC(=O)OC(C)(C)C.NC1CCCCC1. The van der Waals surface area contributed by atoms with Gasteiger partial charge in [-0.05, 0) is 40.0 Å². The van der Waals surface area contributed by atoms with E-state index in [0.717, 1.165) is 12.8 Å². The second-order valence-electron chi connectivity index (χ2n) is 7.86. The van der Waals surface area contributed by atoms with Crippen LogP contribution in [-0.4, -0.2) is 17.6 Å². The van der Waals surface area contributed by atoms with Gasteiger partial charge in [0.05, 0.1) is 0 Å². The van der Waals surface area contributed by atoms with E-state index in [4.69, 9.17) is 10.5 Å². The predicted molar refractivity (Wildman–Crippen MR) is 99.5 cm³/mol. The number of esters is 1. The lowest BCUT2D eigenvalue weighted by atomic mass is 9.97. The largest absolute Gasteiger partial charge is 0.460 e. The number of hydrogen-bond donors (Lipinski definition) is 1. The van der Waals surface area contributed by atoms with Crippen LogP contribution >= 0.6 is 0 Å². The summed E-state index contributed by atoms with van der Waals surface area (Å²) in [7, 11) is 0. The van der Waals surface area contributed by atoms with Gasteiger partial charge in [0.15, 0.2) is 0 Å². The van der Waals surface area contributed by atoms with Gasteiger partial charge in [0.2, 0.25) is 0 Å². The number of carbonyl (C=O) groups excluding carboxylic acids is 1. The quantitative estimate of drug-likeness (QED) is 0.456. The Hall–Kier alpha value is -0.570. The zero-order chi connectivity index (χ0) is 17.6. The van der Waals surface area contributed by atoms with Crippen molar-refractivity contribution in [2.24, 2.45) is 5.73 Å². The standard InChI is InChI=1S/C14H28O2.C6H13N/c1-5-6-7-8-9-10-11-12-13(15)16-14(2,3)4;7-6-4-2-1-3-5-6/h5-12H2,1-4H3;6H,1-5,7H2. The molecule has 0 radical (unpaired) electrons. The molecule has 0 saturated heterocycles. The molecular formula is C20H41NO2. The van der Waals surface area contributed by atoms with E-state index in [1.807, 2.05) is 20.8 Å². The van der Waals surface area contributed by atoms with Crippen LogP contribution in [0.25, 0.3) is 0 Å². The number of rotatable bonds is 8. The van der Waals surface area contributed by atoms with Gasteiger partial charge < -0.3 is 10.5 Å². The first-order chi connectivity index (χ1) is 10.8. The zero-order valence-electron chi connectivity index (χ0n) is 16.2. The van der Waals surface area contributed by atoms with Crippen LogP contribution < -0.4 is 5.73 Å². The highest BCUT2D eigenvalue weighted by molar-refractivity contribution is 5.69. The molecule has 0 aromatic rings. The molecular weight excluding hydrogens is 286 g/mol. The van der Waals surface area contributed by atoms with Crippen molar-refractivity contribution < 1.29 is 9.53 Å². The Labute approximate surface area is 144 Å². The third-order valence-electron chi connectivity index (χ3n) is 4.05. The monoisotopic (exact) mass is 327 g/mol. The third kappa shape index (κ3) is 17.6. The number of nitrogens with two attached hydrogens (primary N) is 1. The Kier molecular flexibility index (Phi) is 13.5. The van der Waals surface area contributed by atoms with Crippen molar-refractivity contribution in [3.8, 4) is 0 Å². The van der Waals surface area contributed by atoms with E-state index in [0.29, 0.717) is 12.5 Å². The van der Waals surface area contributed by atoms with Crippen LogP contribution in [0, 0.1) is 0 Å². The van der Waals surface area contributed by atoms with Crippen molar-refractivity contribution in [2.45, 2.75) is 123 Å². The van der Waals surface area contributed by atoms with Crippen molar-refractivity contribution in [2.75, 3.05) is 0 Å². The minimum atomic E-state index is -0.335. The molecule has 0 atom stereocenters. The molecule has 1 rings (SSSR count). The van der Waals surface area contributed by atoms with Gasteiger partial charge in [-0.25, -0.2) is 0 Å². The molecule has 0 amide bonds. The van der Waals surface area contributed by atoms with Crippen molar-refractivity contribution in [1.82, 2.24) is 0 Å². The van der Waals surface area contributed by atoms with Crippen LogP contribution in [-0.2, 0) is 9.53 Å². The second-order valence-corrected chi connectivity index (χ2v) is 7.86. The van der Waals surface area contributed by atoms with Crippen molar-refractivity contribution in [3.63, 3.8) is 0 Å². The topological polar surface area (TPSA) is 52.3 Å². The molecule has 3 nitrogen and oxygen atoms in total. The molecule has 0 bridgehead atoms. The van der Waals surface area contributed by atoms with E-state index in [2.05, 4.69) is 6.92 Å². The van der Waals surface area contributed by atoms with Crippen LogP contribution in [0.3, 0.4) is 0 Å². The van der Waals surface area contributed by atoms with Crippen LogP contribution in [0.1, 0.15) is 111 Å². The lowest BCUT2D eigenvalue weighted by Crippen LogP contribution is -2.23. The number of carbonyl (C=O) groups is 1. The predicted octanol–water partition coefficient (Wildman–Crippen LogP) is 5.75.